The lowest BCUT2D eigenvalue weighted by Crippen LogP contribution is -2.48. The van der Waals surface area contributed by atoms with Gasteiger partial charge in [-0.1, -0.05) is 30.2 Å². The summed E-state index contributed by atoms with van der Waals surface area (Å²) in [7, 11) is 0. The number of carboxylic acids is 1. The van der Waals surface area contributed by atoms with E-state index >= 15 is 0 Å². The summed E-state index contributed by atoms with van der Waals surface area (Å²) in [6, 6.07) is 7.67. The number of amides is 1. The Hall–Kier alpha value is -3.29. The summed E-state index contributed by atoms with van der Waals surface area (Å²) in [6.07, 6.45) is 6.54. The molecule has 2 aromatic heterocycles. The van der Waals surface area contributed by atoms with Crippen LogP contribution in [0.25, 0.3) is 16.5 Å². The van der Waals surface area contributed by atoms with Crippen molar-refractivity contribution in [2.75, 3.05) is 0 Å². The van der Waals surface area contributed by atoms with Crippen LogP contribution in [0.3, 0.4) is 0 Å². The Kier molecular flexibility index (Phi) is 4.54. The van der Waals surface area contributed by atoms with Crippen LogP contribution in [0.1, 0.15) is 48.3 Å². The quantitative estimate of drug-likeness (QED) is 0.705. The van der Waals surface area contributed by atoms with Crippen molar-refractivity contribution in [1.82, 2.24) is 25.3 Å². The fourth-order valence-electron chi connectivity index (χ4n) is 4.05. The van der Waals surface area contributed by atoms with Crippen molar-refractivity contribution in [3.05, 3.63) is 48.0 Å². The molecule has 0 radical (unpaired) electrons. The number of aliphatic carboxylic acids is 1. The molecule has 2 N–H and O–H groups in total. The second kappa shape index (κ2) is 7.03. The van der Waals surface area contributed by atoms with Gasteiger partial charge in [0.1, 0.15) is 0 Å². The van der Waals surface area contributed by atoms with E-state index < -0.39 is 11.5 Å². The third-order valence-electron chi connectivity index (χ3n) is 5.42. The minimum Gasteiger partial charge on any atom is -0.481 e. The monoisotopic (exact) mass is 379 g/mol. The summed E-state index contributed by atoms with van der Waals surface area (Å²) in [4.78, 5) is 28.3. The number of pyridine rings is 1. The summed E-state index contributed by atoms with van der Waals surface area (Å²) in [6.45, 7) is 1.79. The zero-order valence-corrected chi connectivity index (χ0v) is 15.6. The third-order valence-corrected chi connectivity index (χ3v) is 5.42. The van der Waals surface area contributed by atoms with Crippen LogP contribution in [0, 0.1) is 6.92 Å². The molecule has 0 bridgehead atoms. The fraction of sp³-hybridized carbons (Fsp3) is 0.350. The molecule has 1 amide bonds. The second-order valence-electron chi connectivity index (χ2n) is 7.32. The van der Waals surface area contributed by atoms with Crippen molar-refractivity contribution in [2.45, 2.75) is 44.6 Å². The van der Waals surface area contributed by atoms with E-state index in [0.717, 1.165) is 29.3 Å². The molecule has 144 valence electrons. The van der Waals surface area contributed by atoms with Gasteiger partial charge in [0.15, 0.2) is 5.69 Å². The summed E-state index contributed by atoms with van der Waals surface area (Å²) in [5, 5.41) is 22.4. The predicted octanol–water partition coefficient (Wildman–Crippen LogP) is 2.64. The lowest BCUT2D eigenvalue weighted by Gasteiger charge is -2.28. The molecule has 1 aromatic carbocycles. The molecule has 1 fully saturated rings. The van der Waals surface area contributed by atoms with Gasteiger partial charge in [-0.3, -0.25) is 14.6 Å². The van der Waals surface area contributed by atoms with Crippen molar-refractivity contribution in [3.8, 4) is 5.69 Å². The zero-order chi connectivity index (χ0) is 19.7. The van der Waals surface area contributed by atoms with E-state index in [2.05, 4.69) is 20.6 Å². The number of nitrogens with zero attached hydrogens (tertiary/aromatic N) is 4. The third kappa shape index (κ3) is 3.21. The highest BCUT2D eigenvalue weighted by Gasteiger charge is 2.38. The number of nitrogens with one attached hydrogen (secondary N) is 1. The molecule has 0 spiro atoms. The Bertz CT molecular complexity index is 1050. The number of carbonyl (C=O) groups excluding carboxylic acids is 1. The average Bonchev–Trinajstić information content (AvgIpc) is 3.27. The molecule has 1 saturated carbocycles. The molecule has 8 heteroatoms. The van der Waals surface area contributed by atoms with Crippen molar-refractivity contribution in [2.24, 2.45) is 0 Å². The molecule has 1 aliphatic carbocycles. The number of rotatable bonds is 5. The minimum atomic E-state index is -0.910. The van der Waals surface area contributed by atoms with Crippen LogP contribution in [0.2, 0.25) is 0 Å². The van der Waals surface area contributed by atoms with Crippen LogP contribution in [-0.2, 0) is 4.79 Å². The van der Waals surface area contributed by atoms with Gasteiger partial charge in [0, 0.05) is 23.2 Å². The van der Waals surface area contributed by atoms with Gasteiger partial charge in [-0.05, 0) is 31.9 Å². The molecule has 2 heterocycles. The maximum absolute atomic E-state index is 12.9. The number of carbonyl (C=O) groups is 2. The molecule has 0 aliphatic heterocycles. The largest absolute Gasteiger partial charge is 0.481 e. The Morgan fingerprint density at radius 2 is 2.04 bits per heavy atom. The summed E-state index contributed by atoms with van der Waals surface area (Å²) in [5.74, 6) is -1.29. The summed E-state index contributed by atoms with van der Waals surface area (Å²) in [5.41, 5.74) is 0.919. The smallest absolute Gasteiger partial charge is 0.305 e. The second-order valence-corrected chi connectivity index (χ2v) is 7.32. The lowest BCUT2D eigenvalue weighted by atomic mass is 9.93. The Morgan fingerprint density at radius 3 is 2.79 bits per heavy atom. The molecule has 28 heavy (non-hydrogen) atoms. The van der Waals surface area contributed by atoms with Crippen molar-refractivity contribution in [3.63, 3.8) is 0 Å². The SMILES string of the molecule is Cc1c(C(=O)NC2(CC(=O)O)CCCC2)nnn1-c1cccc2cnccc12. The standard InChI is InChI=1S/C20H21N5O3/c1-13-18(19(28)22-20(11-17(26)27)8-2-3-9-20)23-24-25(13)16-6-4-5-14-12-21-10-7-15(14)16/h4-7,10,12H,2-3,8-9,11H2,1H3,(H,22,28)(H,26,27). The highest BCUT2D eigenvalue weighted by Crippen LogP contribution is 2.33. The van der Waals surface area contributed by atoms with E-state index in [0.29, 0.717) is 18.5 Å². The van der Waals surface area contributed by atoms with Crippen LogP contribution in [0.15, 0.2) is 36.7 Å². The van der Waals surface area contributed by atoms with E-state index in [9.17, 15) is 14.7 Å². The Labute approximate surface area is 161 Å². The van der Waals surface area contributed by atoms with E-state index in [1.165, 1.54) is 0 Å². The van der Waals surface area contributed by atoms with E-state index in [4.69, 9.17) is 0 Å². The molecule has 0 atom stereocenters. The highest BCUT2D eigenvalue weighted by molar-refractivity contribution is 5.95. The molecule has 8 nitrogen and oxygen atoms in total. The number of carboxylic acid groups (broad SMARTS) is 1. The molecule has 0 unspecified atom stereocenters. The minimum absolute atomic E-state index is 0.0811. The Balaban J connectivity index is 1.66. The first-order valence-electron chi connectivity index (χ1n) is 9.29. The van der Waals surface area contributed by atoms with E-state index in [1.54, 1.807) is 24.0 Å². The van der Waals surface area contributed by atoms with Gasteiger partial charge in [-0.15, -0.1) is 5.10 Å². The van der Waals surface area contributed by atoms with Gasteiger partial charge in [0.2, 0.25) is 0 Å². The Morgan fingerprint density at radius 1 is 1.25 bits per heavy atom. The van der Waals surface area contributed by atoms with E-state index in [-0.39, 0.29) is 18.0 Å². The van der Waals surface area contributed by atoms with Crippen molar-refractivity contribution >= 4 is 22.6 Å². The zero-order valence-electron chi connectivity index (χ0n) is 15.6. The van der Waals surface area contributed by atoms with Crippen LogP contribution >= 0.6 is 0 Å². The molecule has 3 aromatic rings. The van der Waals surface area contributed by atoms with Gasteiger partial charge >= 0.3 is 5.97 Å². The number of hydrogen-bond acceptors (Lipinski definition) is 5. The van der Waals surface area contributed by atoms with Gasteiger partial charge in [0.25, 0.3) is 5.91 Å². The molecule has 4 rings (SSSR count). The number of benzene rings is 1. The van der Waals surface area contributed by atoms with E-state index in [1.807, 2.05) is 24.3 Å². The van der Waals surface area contributed by atoms with Crippen molar-refractivity contribution < 1.29 is 14.7 Å². The van der Waals surface area contributed by atoms with Crippen LogP contribution in [0.5, 0.6) is 0 Å². The molecular formula is C20H21N5O3. The average molecular weight is 379 g/mol. The van der Waals surface area contributed by atoms with Gasteiger partial charge < -0.3 is 10.4 Å². The van der Waals surface area contributed by atoms with Gasteiger partial charge in [-0.2, -0.15) is 0 Å². The fourth-order valence-corrected chi connectivity index (χ4v) is 4.05. The number of fused-ring (bicyclic) bond motifs is 1. The topological polar surface area (TPSA) is 110 Å². The van der Waals surface area contributed by atoms with Gasteiger partial charge in [-0.25, -0.2) is 4.68 Å². The summed E-state index contributed by atoms with van der Waals surface area (Å²) >= 11 is 0. The number of hydrogen-bond donors (Lipinski definition) is 2. The first kappa shape index (κ1) is 18.1. The lowest BCUT2D eigenvalue weighted by molar-refractivity contribution is -0.138. The maximum atomic E-state index is 12.9. The van der Waals surface area contributed by atoms with Crippen molar-refractivity contribution in [1.29, 1.82) is 0 Å². The molecule has 0 saturated heterocycles. The highest BCUT2D eigenvalue weighted by atomic mass is 16.4. The van der Waals surface area contributed by atoms with Crippen LogP contribution in [0.4, 0.5) is 0 Å². The van der Waals surface area contributed by atoms with Crippen LogP contribution in [-0.4, -0.2) is 42.5 Å². The molecular weight excluding hydrogens is 358 g/mol. The first-order valence-corrected chi connectivity index (χ1v) is 9.29. The summed E-state index contributed by atoms with van der Waals surface area (Å²) < 4.78 is 1.63. The predicted molar refractivity (Wildman–Crippen MR) is 102 cm³/mol. The first-order chi connectivity index (χ1) is 13.5. The van der Waals surface area contributed by atoms with Gasteiger partial charge in [0.05, 0.1) is 23.3 Å². The number of aromatic nitrogens is 4. The molecule has 1 aliphatic rings. The normalized spacial score (nSPS) is 15.6. The maximum Gasteiger partial charge on any atom is 0.305 e. The van der Waals surface area contributed by atoms with Crippen LogP contribution < -0.4 is 5.32 Å².